The number of ether oxygens (including phenoxy) is 1. The molecule has 3 atom stereocenters. The van der Waals surface area contributed by atoms with Gasteiger partial charge in [0, 0.05) is 12.0 Å². The first-order chi connectivity index (χ1) is 12.1. The smallest absolute Gasteiger partial charge is 0.408 e. The molecule has 1 saturated heterocycles. The zero-order valence-corrected chi connectivity index (χ0v) is 16.2. The zero-order chi connectivity index (χ0) is 19.5. The molecule has 0 bridgehead atoms. The lowest BCUT2D eigenvalue weighted by Gasteiger charge is -2.48. The Balaban J connectivity index is 2.22. The second kappa shape index (κ2) is 7.83. The monoisotopic (exact) mass is 365 g/mol. The van der Waals surface area contributed by atoms with Crippen LogP contribution in [-0.4, -0.2) is 52.8 Å². The maximum atomic E-state index is 13.3. The predicted octanol–water partition coefficient (Wildman–Crippen LogP) is 2.19. The summed E-state index contributed by atoms with van der Waals surface area (Å²) < 4.78 is 5.32. The molecule has 7 nitrogen and oxygen atoms in total. The van der Waals surface area contributed by atoms with Crippen molar-refractivity contribution in [2.45, 2.75) is 77.5 Å². The molecule has 2 aliphatic rings. The number of rotatable bonds is 4. The average Bonchev–Trinajstić information content (AvgIpc) is 2.50. The van der Waals surface area contributed by atoms with E-state index in [2.05, 4.69) is 18.3 Å². The molecule has 0 spiro atoms. The standard InChI is InChI=1S/C19H31N3O4/c1-13-6-9-22(14(10-13)11-20)16(24)15(19(12-23)7-5-8-19)21-17(25)26-18(2,3)4/h13-15,23H,5-10,12H2,1-4H3,(H,21,25)/t13-,14-,15+/m0/s1. The minimum absolute atomic E-state index is 0.180. The van der Waals surface area contributed by atoms with Gasteiger partial charge in [-0.05, 0) is 52.4 Å². The van der Waals surface area contributed by atoms with Crippen molar-refractivity contribution in [2.24, 2.45) is 11.3 Å². The largest absolute Gasteiger partial charge is 0.444 e. The molecule has 1 aliphatic carbocycles. The van der Waals surface area contributed by atoms with Crippen molar-refractivity contribution < 1.29 is 19.4 Å². The Morgan fingerprint density at radius 2 is 2.08 bits per heavy atom. The van der Waals surface area contributed by atoms with E-state index < -0.39 is 29.2 Å². The van der Waals surface area contributed by atoms with Crippen LogP contribution in [0.3, 0.4) is 0 Å². The van der Waals surface area contributed by atoms with Crippen LogP contribution >= 0.6 is 0 Å². The summed E-state index contributed by atoms with van der Waals surface area (Å²) in [6.07, 6.45) is 3.02. The first-order valence-electron chi connectivity index (χ1n) is 9.42. The second-order valence-electron chi connectivity index (χ2n) is 8.76. The number of carbonyl (C=O) groups is 2. The number of amides is 2. The molecule has 146 valence electrons. The maximum absolute atomic E-state index is 13.3. The first-order valence-corrected chi connectivity index (χ1v) is 9.42. The Labute approximate surface area is 155 Å². The van der Waals surface area contributed by atoms with E-state index in [4.69, 9.17) is 4.74 Å². The first kappa shape index (κ1) is 20.5. The van der Waals surface area contributed by atoms with Crippen LogP contribution in [0.2, 0.25) is 0 Å². The summed E-state index contributed by atoms with van der Waals surface area (Å²) >= 11 is 0. The van der Waals surface area contributed by atoms with Crippen molar-refractivity contribution in [3.05, 3.63) is 0 Å². The predicted molar refractivity (Wildman–Crippen MR) is 96.0 cm³/mol. The van der Waals surface area contributed by atoms with Gasteiger partial charge in [-0.3, -0.25) is 4.79 Å². The third-order valence-corrected chi connectivity index (χ3v) is 5.48. The number of hydrogen-bond donors (Lipinski definition) is 2. The second-order valence-corrected chi connectivity index (χ2v) is 8.76. The minimum atomic E-state index is -0.875. The van der Waals surface area contributed by atoms with Gasteiger partial charge >= 0.3 is 6.09 Å². The molecule has 0 aromatic carbocycles. The summed E-state index contributed by atoms with van der Waals surface area (Å²) in [5.74, 6) is 0.0968. The number of alkyl carbamates (subject to hydrolysis) is 1. The highest BCUT2D eigenvalue weighted by Crippen LogP contribution is 2.44. The van der Waals surface area contributed by atoms with Gasteiger partial charge in [0.25, 0.3) is 0 Å². The van der Waals surface area contributed by atoms with Gasteiger partial charge < -0.3 is 20.1 Å². The summed E-state index contributed by atoms with van der Waals surface area (Å²) in [5, 5.41) is 22.1. The molecule has 0 aromatic heterocycles. The molecule has 2 amide bonds. The van der Waals surface area contributed by atoms with Gasteiger partial charge in [0.1, 0.15) is 17.7 Å². The quantitative estimate of drug-likeness (QED) is 0.795. The van der Waals surface area contributed by atoms with E-state index in [1.54, 1.807) is 25.7 Å². The molecule has 7 heteroatoms. The topological polar surface area (TPSA) is 103 Å². The normalized spacial score (nSPS) is 26.2. The molecule has 0 aromatic rings. The maximum Gasteiger partial charge on any atom is 0.408 e. The van der Waals surface area contributed by atoms with Crippen LogP contribution in [0.5, 0.6) is 0 Å². The highest BCUT2D eigenvalue weighted by atomic mass is 16.6. The molecule has 0 radical (unpaired) electrons. The van der Waals surface area contributed by atoms with Crippen molar-refractivity contribution in [1.29, 1.82) is 5.26 Å². The van der Waals surface area contributed by atoms with Crippen molar-refractivity contribution in [2.75, 3.05) is 13.2 Å². The summed E-state index contributed by atoms with van der Waals surface area (Å²) in [6.45, 7) is 7.65. The minimum Gasteiger partial charge on any atom is -0.444 e. The molecule has 1 heterocycles. The number of carbonyl (C=O) groups excluding carboxylic acids is 2. The van der Waals surface area contributed by atoms with Crippen LogP contribution in [0.15, 0.2) is 0 Å². The van der Waals surface area contributed by atoms with Gasteiger partial charge in [-0.2, -0.15) is 5.26 Å². The zero-order valence-electron chi connectivity index (χ0n) is 16.2. The Kier molecular flexibility index (Phi) is 6.17. The van der Waals surface area contributed by atoms with Crippen LogP contribution in [0, 0.1) is 22.7 Å². The lowest BCUT2D eigenvalue weighted by molar-refractivity contribution is -0.144. The fraction of sp³-hybridized carbons (Fsp3) is 0.842. The van der Waals surface area contributed by atoms with E-state index in [1.807, 2.05) is 0 Å². The van der Waals surface area contributed by atoms with Crippen molar-refractivity contribution >= 4 is 12.0 Å². The highest BCUT2D eigenvalue weighted by Gasteiger charge is 2.50. The number of nitriles is 1. The van der Waals surface area contributed by atoms with Crippen LogP contribution < -0.4 is 5.32 Å². The van der Waals surface area contributed by atoms with Crippen molar-refractivity contribution in [3.8, 4) is 6.07 Å². The summed E-state index contributed by atoms with van der Waals surface area (Å²) in [7, 11) is 0. The lowest BCUT2D eigenvalue weighted by Crippen LogP contribution is -2.63. The van der Waals surface area contributed by atoms with Crippen LogP contribution in [-0.2, 0) is 9.53 Å². The number of hydrogen-bond acceptors (Lipinski definition) is 5. The van der Waals surface area contributed by atoms with Gasteiger partial charge in [-0.15, -0.1) is 0 Å². The lowest BCUT2D eigenvalue weighted by atomic mass is 9.64. The van der Waals surface area contributed by atoms with E-state index >= 15 is 0 Å². The molecule has 0 unspecified atom stereocenters. The molecule has 1 aliphatic heterocycles. The number of likely N-dealkylation sites (tertiary alicyclic amines) is 1. The Morgan fingerprint density at radius 3 is 2.54 bits per heavy atom. The summed E-state index contributed by atoms with van der Waals surface area (Å²) in [6, 6.07) is 0.846. The molecule has 2 rings (SSSR count). The van der Waals surface area contributed by atoms with Crippen LogP contribution in [0.25, 0.3) is 0 Å². The number of aliphatic hydroxyl groups is 1. The van der Waals surface area contributed by atoms with Gasteiger partial charge in [0.15, 0.2) is 0 Å². The third kappa shape index (κ3) is 4.47. The van der Waals surface area contributed by atoms with Gasteiger partial charge in [-0.25, -0.2) is 4.79 Å². The average molecular weight is 365 g/mol. The van der Waals surface area contributed by atoms with Crippen molar-refractivity contribution in [3.63, 3.8) is 0 Å². The van der Waals surface area contributed by atoms with E-state index in [1.165, 1.54) is 0 Å². The number of aliphatic hydroxyl groups excluding tert-OH is 1. The van der Waals surface area contributed by atoms with Gasteiger partial charge in [0.05, 0.1) is 12.7 Å². The molecule has 2 N–H and O–H groups in total. The molecule has 1 saturated carbocycles. The van der Waals surface area contributed by atoms with Crippen LogP contribution in [0.1, 0.15) is 59.8 Å². The molecule has 26 heavy (non-hydrogen) atoms. The molecular formula is C19H31N3O4. The van der Waals surface area contributed by atoms with E-state index in [9.17, 15) is 20.0 Å². The number of nitrogens with one attached hydrogen (secondary N) is 1. The highest BCUT2D eigenvalue weighted by molar-refractivity contribution is 5.87. The Bertz CT molecular complexity index is 569. The fourth-order valence-electron chi connectivity index (χ4n) is 3.76. The van der Waals surface area contributed by atoms with E-state index in [-0.39, 0.29) is 12.5 Å². The Hall–Kier alpha value is -1.81. The third-order valence-electron chi connectivity index (χ3n) is 5.48. The fourth-order valence-corrected chi connectivity index (χ4v) is 3.76. The van der Waals surface area contributed by atoms with E-state index in [0.717, 1.165) is 12.8 Å². The number of nitrogens with zero attached hydrogens (tertiary/aromatic N) is 2. The molecule has 2 fully saturated rings. The van der Waals surface area contributed by atoms with Gasteiger partial charge in [0.2, 0.25) is 5.91 Å². The Morgan fingerprint density at radius 1 is 1.42 bits per heavy atom. The summed E-state index contributed by atoms with van der Waals surface area (Å²) in [5.41, 5.74) is -1.35. The van der Waals surface area contributed by atoms with E-state index in [0.29, 0.717) is 31.7 Å². The SMILES string of the molecule is C[C@H]1CCN(C(=O)[C@@H](NC(=O)OC(C)(C)C)C2(CO)CCC2)[C@H](C#N)C1. The summed E-state index contributed by atoms with van der Waals surface area (Å²) in [4.78, 5) is 27.1. The van der Waals surface area contributed by atoms with Crippen LogP contribution in [0.4, 0.5) is 4.79 Å². The number of piperidine rings is 1. The molecular weight excluding hydrogens is 334 g/mol. The van der Waals surface area contributed by atoms with Gasteiger partial charge in [-0.1, -0.05) is 13.3 Å². The van der Waals surface area contributed by atoms with Crippen molar-refractivity contribution in [1.82, 2.24) is 10.2 Å².